The van der Waals surface area contributed by atoms with E-state index in [1.807, 2.05) is 31.3 Å². The van der Waals surface area contributed by atoms with E-state index in [2.05, 4.69) is 13.8 Å². The van der Waals surface area contributed by atoms with Crippen LogP contribution in [0.15, 0.2) is 24.3 Å². The average Bonchev–Trinajstić information content (AvgIpc) is 2.37. The first-order valence-corrected chi connectivity index (χ1v) is 6.55. The van der Waals surface area contributed by atoms with E-state index in [0.717, 1.165) is 18.4 Å². The molecule has 0 spiro atoms. The molecule has 0 heterocycles. The van der Waals surface area contributed by atoms with Crippen molar-refractivity contribution in [3.63, 3.8) is 0 Å². The molecule has 0 saturated heterocycles. The normalized spacial score (nSPS) is 12.2. The molecule has 2 nitrogen and oxygen atoms in total. The maximum atomic E-state index is 12.2. The molecule has 3 heteroatoms. The van der Waals surface area contributed by atoms with Crippen LogP contribution < -0.4 is 0 Å². The third-order valence-corrected chi connectivity index (χ3v) is 3.32. The summed E-state index contributed by atoms with van der Waals surface area (Å²) in [5, 5.41) is 0. The van der Waals surface area contributed by atoms with Gasteiger partial charge in [-0.2, -0.15) is 0 Å². The van der Waals surface area contributed by atoms with E-state index in [9.17, 15) is 4.79 Å². The lowest BCUT2D eigenvalue weighted by Gasteiger charge is -2.24. The minimum atomic E-state index is 0.0675. The zero-order valence-corrected chi connectivity index (χ0v) is 11.5. The van der Waals surface area contributed by atoms with Crippen LogP contribution in [0.5, 0.6) is 0 Å². The summed E-state index contributed by atoms with van der Waals surface area (Å²) >= 11 is 5.77. The molecule has 0 fully saturated rings. The molecule has 1 rings (SSSR count). The average molecular weight is 254 g/mol. The molecule has 0 aliphatic rings. The number of hydrogen-bond acceptors (Lipinski definition) is 1. The zero-order chi connectivity index (χ0) is 12.8. The first-order chi connectivity index (χ1) is 8.10. The van der Waals surface area contributed by atoms with Gasteiger partial charge in [-0.25, -0.2) is 0 Å². The summed E-state index contributed by atoms with van der Waals surface area (Å²) in [7, 11) is 1.86. The smallest absolute Gasteiger partial charge is 0.253 e. The van der Waals surface area contributed by atoms with Gasteiger partial charge in [0.15, 0.2) is 0 Å². The van der Waals surface area contributed by atoms with Crippen LogP contribution in [0.1, 0.15) is 42.6 Å². The quantitative estimate of drug-likeness (QED) is 0.733. The van der Waals surface area contributed by atoms with Crippen LogP contribution in [0.2, 0.25) is 0 Å². The highest BCUT2D eigenvalue weighted by molar-refractivity contribution is 6.17. The Hall–Kier alpha value is -1.02. The highest BCUT2D eigenvalue weighted by Crippen LogP contribution is 2.13. The number of hydrogen-bond donors (Lipinski definition) is 0. The monoisotopic (exact) mass is 253 g/mol. The van der Waals surface area contributed by atoms with Gasteiger partial charge >= 0.3 is 0 Å². The van der Waals surface area contributed by atoms with Crippen LogP contribution in [0, 0.1) is 0 Å². The molecule has 1 aromatic rings. The summed E-state index contributed by atoms with van der Waals surface area (Å²) in [5.74, 6) is 0.507. The predicted octanol–water partition coefficient (Wildman–Crippen LogP) is 3.69. The second kappa shape index (κ2) is 6.65. The summed E-state index contributed by atoms with van der Waals surface area (Å²) in [6, 6.07) is 7.78. The van der Waals surface area contributed by atoms with Gasteiger partial charge in [0, 0.05) is 24.5 Å². The largest absolute Gasteiger partial charge is 0.339 e. The van der Waals surface area contributed by atoms with E-state index in [1.165, 1.54) is 0 Å². The summed E-state index contributed by atoms with van der Waals surface area (Å²) in [6.07, 6.45) is 2.11. The summed E-state index contributed by atoms with van der Waals surface area (Å²) in [4.78, 5) is 14.0. The molecule has 1 unspecified atom stereocenters. The number of carbonyl (C=O) groups is 1. The first kappa shape index (κ1) is 14.0. The second-order valence-corrected chi connectivity index (χ2v) is 4.66. The van der Waals surface area contributed by atoms with Crippen molar-refractivity contribution in [2.45, 2.75) is 38.6 Å². The highest BCUT2D eigenvalue weighted by Gasteiger charge is 2.16. The summed E-state index contributed by atoms with van der Waals surface area (Å²) < 4.78 is 0. The maximum Gasteiger partial charge on any atom is 0.253 e. The van der Waals surface area contributed by atoms with Crippen molar-refractivity contribution in [2.24, 2.45) is 0 Å². The first-order valence-electron chi connectivity index (χ1n) is 6.02. The molecule has 1 atom stereocenters. The summed E-state index contributed by atoms with van der Waals surface area (Å²) in [5.41, 5.74) is 1.70. The van der Waals surface area contributed by atoms with E-state index in [-0.39, 0.29) is 11.9 Å². The van der Waals surface area contributed by atoms with Crippen molar-refractivity contribution >= 4 is 17.5 Å². The van der Waals surface area contributed by atoms with Gasteiger partial charge in [-0.15, -0.1) is 11.6 Å². The van der Waals surface area contributed by atoms with E-state index in [4.69, 9.17) is 11.6 Å². The number of nitrogens with zero attached hydrogens (tertiary/aromatic N) is 1. The molecule has 1 amide bonds. The van der Waals surface area contributed by atoms with Gasteiger partial charge in [-0.1, -0.05) is 25.5 Å². The fraction of sp³-hybridized carbons (Fsp3) is 0.500. The number of rotatable bonds is 5. The van der Waals surface area contributed by atoms with E-state index in [1.54, 1.807) is 4.90 Å². The van der Waals surface area contributed by atoms with Gasteiger partial charge in [-0.3, -0.25) is 4.79 Å². The number of carbonyl (C=O) groups excluding carboxylic acids is 1. The van der Waals surface area contributed by atoms with Crippen LogP contribution in [0.25, 0.3) is 0 Å². The minimum absolute atomic E-state index is 0.0675. The Morgan fingerprint density at radius 1 is 1.47 bits per heavy atom. The second-order valence-electron chi connectivity index (χ2n) is 4.39. The number of benzene rings is 1. The van der Waals surface area contributed by atoms with Crippen molar-refractivity contribution in [2.75, 3.05) is 7.05 Å². The van der Waals surface area contributed by atoms with Gasteiger partial charge in [0.1, 0.15) is 0 Å². The molecule has 0 radical (unpaired) electrons. The zero-order valence-electron chi connectivity index (χ0n) is 10.7. The lowest BCUT2D eigenvalue weighted by Crippen LogP contribution is -2.34. The molecule has 0 aromatic heterocycles. The van der Waals surface area contributed by atoms with Crippen LogP contribution >= 0.6 is 11.6 Å². The standard InChI is InChI=1S/C14H20ClNO/c1-4-6-11(2)16(3)14(17)13-8-5-7-12(9-13)10-15/h5,7-9,11H,4,6,10H2,1-3H3. The van der Waals surface area contributed by atoms with Crippen LogP contribution in [0.4, 0.5) is 0 Å². The Morgan fingerprint density at radius 3 is 2.76 bits per heavy atom. The molecule has 1 aromatic carbocycles. The lowest BCUT2D eigenvalue weighted by molar-refractivity contribution is 0.0736. The lowest BCUT2D eigenvalue weighted by atomic mass is 10.1. The van der Waals surface area contributed by atoms with Gasteiger partial charge in [0.05, 0.1) is 0 Å². The minimum Gasteiger partial charge on any atom is -0.339 e. The van der Waals surface area contributed by atoms with E-state index >= 15 is 0 Å². The van der Waals surface area contributed by atoms with Crippen molar-refractivity contribution < 1.29 is 4.79 Å². The molecule has 0 bridgehead atoms. The molecule has 0 aliphatic heterocycles. The van der Waals surface area contributed by atoms with Crippen molar-refractivity contribution in [1.29, 1.82) is 0 Å². The number of alkyl halides is 1. The molecular weight excluding hydrogens is 234 g/mol. The van der Waals surface area contributed by atoms with E-state index < -0.39 is 0 Å². The van der Waals surface area contributed by atoms with Crippen LogP contribution in [0.3, 0.4) is 0 Å². The molecular formula is C14H20ClNO. The van der Waals surface area contributed by atoms with Crippen molar-refractivity contribution in [1.82, 2.24) is 4.90 Å². The van der Waals surface area contributed by atoms with Gasteiger partial charge in [0.25, 0.3) is 5.91 Å². The Balaban J connectivity index is 2.80. The van der Waals surface area contributed by atoms with Crippen molar-refractivity contribution in [3.05, 3.63) is 35.4 Å². The Kier molecular flexibility index (Phi) is 5.49. The Morgan fingerprint density at radius 2 is 2.18 bits per heavy atom. The topological polar surface area (TPSA) is 20.3 Å². The molecule has 0 saturated carbocycles. The van der Waals surface area contributed by atoms with E-state index in [0.29, 0.717) is 11.4 Å². The highest BCUT2D eigenvalue weighted by atomic mass is 35.5. The maximum absolute atomic E-state index is 12.2. The van der Waals surface area contributed by atoms with Gasteiger partial charge < -0.3 is 4.90 Å². The number of halogens is 1. The predicted molar refractivity (Wildman–Crippen MR) is 72.5 cm³/mol. The SMILES string of the molecule is CCCC(C)N(C)C(=O)c1cccc(CCl)c1. The molecule has 0 aliphatic carbocycles. The van der Waals surface area contributed by atoms with Crippen molar-refractivity contribution in [3.8, 4) is 0 Å². The van der Waals surface area contributed by atoms with Crippen LogP contribution in [-0.2, 0) is 5.88 Å². The van der Waals surface area contributed by atoms with Crippen LogP contribution in [-0.4, -0.2) is 23.9 Å². The third kappa shape index (κ3) is 3.74. The van der Waals surface area contributed by atoms with Gasteiger partial charge in [-0.05, 0) is 31.0 Å². The molecule has 94 valence electrons. The fourth-order valence-corrected chi connectivity index (χ4v) is 1.97. The summed E-state index contributed by atoms with van der Waals surface area (Å²) in [6.45, 7) is 4.20. The Bertz CT molecular complexity index is 378. The molecule has 0 N–H and O–H groups in total. The number of amides is 1. The third-order valence-electron chi connectivity index (χ3n) is 3.02. The molecule has 17 heavy (non-hydrogen) atoms. The Labute approximate surface area is 109 Å². The fourth-order valence-electron chi connectivity index (χ4n) is 1.80. The van der Waals surface area contributed by atoms with Gasteiger partial charge in [0.2, 0.25) is 0 Å².